The van der Waals surface area contributed by atoms with Crippen LogP contribution in [0.15, 0.2) is 0 Å². The Morgan fingerprint density at radius 1 is 0.893 bits per heavy atom. The summed E-state index contributed by atoms with van der Waals surface area (Å²) in [6.07, 6.45) is 10.7. The molecule has 28 heavy (non-hydrogen) atoms. The van der Waals surface area contributed by atoms with E-state index in [9.17, 15) is 13.2 Å². The van der Waals surface area contributed by atoms with Crippen LogP contribution in [0.5, 0.6) is 0 Å². The average molecular weight is 397 g/mol. The summed E-state index contributed by atoms with van der Waals surface area (Å²) in [4.78, 5) is 2.68. The predicted octanol–water partition coefficient (Wildman–Crippen LogP) is 6.48. The van der Waals surface area contributed by atoms with Gasteiger partial charge in [0, 0.05) is 18.6 Å². The molecular formula is C24H37F3N. The van der Waals surface area contributed by atoms with Gasteiger partial charge in [0.15, 0.2) is 0 Å². The Balaban J connectivity index is 1.41. The van der Waals surface area contributed by atoms with Gasteiger partial charge in [-0.1, -0.05) is 32.6 Å². The summed E-state index contributed by atoms with van der Waals surface area (Å²) in [5.41, 5.74) is 0. The molecule has 5 rings (SSSR count). The highest BCUT2D eigenvalue weighted by molar-refractivity contribution is 5.17. The molecular weight excluding hydrogens is 359 g/mol. The lowest BCUT2D eigenvalue weighted by molar-refractivity contribution is -0.199. The van der Waals surface area contributed by atoms with Gasteiger partial charge in [-0.15, -0.1) is 0 Å². The van der Waals surface area contributed by atoms with Crippen LogP contribution in [0.3, 0.4) is 0 Å². The molecule has 1 saturated heterocycles. The molecule has 1 radical (unpaired) electrons. The Morgan fingerprint density at radius 3 is 2.46 bits per heavy atom. The van der Waals surface area contributed by atoms with E-state index in [0.717, 1.165) is 43.6 Å². The quantitative estimate of drug-likeness (QED) is 0.516. The first kappa shape index (κ1) is 19.7. The molecule has 9 atom stereocenters. The van der Waals surface area contributed by atoms with Gasteiger partial charge in [-0.3, -0.25) is 4.90 Å². The van der Waals surface area contributed by atoms with E-state index in [1.807, 2.05) is 0 Å². The van der Waals surface area contributed by atoms with Crippen molar-refractivity contribution in [3.8, 4) is 0 Å². The standard InChI is InChI=1S/C24H37F3N/c1-15-10-11-22-19(12-15)20-13-16-6-2-4-8-18(16)23(20)28(22)14-17-7-3-5-9-21(17)24(25,26)27/h13,15-23H,2-12,14H2,1H3. The second kappa shape index (κ2) is 7.46. The van der Waals surface area contributed by atoms with E-state index in [4.69, 9.17) is 0 Å². The topological polar surface area (TPSA) is 3.24 Å². The van der Waals surface area contributed by atoms with Crippen molar-refractivity contribution in [2.75, 3.05) is 6.54 Å². The first-order valence-corrected chi connectivity index (χ1v) is 12.1. The summed E-state index contributed by atoms with van der Waals surface area (Å²) in [6, 6.07) is 1.11. The van der Waals surface area contributed by atoms with Gasteiger partial charge in [-0.05, 0) is 86.9 Å². The van der Waals surface area contributed by atoms with Gasteiger partial charge in [0.2, 0.25) is 0 Å². The second-order valence-electron chi connectivity index (χ2n) is 10.9. The Bertz CT molecular complexity index is 561. The number of hydrogen-bond acceptors (Lipinski definition) is 1. The summed E-state index contributed by atoms with van der Waals surface area (Å²) in [7, 11) is 0. The number of likely N-dealkylation sites (tertiary alicyclic amines) is 1. The first-order chi connectivity index (χ1) is 13.4. The van der Waals surface area contributed by atoms with Gasteiger partial charge >= 0.3 is 6.18 Å². The minimum Gasteiger partial charge on any atom is -0.296 e. The van der Waals surface area contributed by atoms with Crippen molar-refractivity contribution in [3.63, 3.8) is 0 Å². The monoisotopic (exact) mass is 396 g/mol. The van der Waals surface area contributed by atoms with Crippen LogP contribution in [0.1, 0.15) is 77.6 Å². The van der Waals surface area contributed by atoms with Crippen molar-refractivity contribution in [1.82, 2.24) is 4.90 Å². The molecule has 159 valence electrons. The fourth-order valence-corrected chi connectivity index (χ4v) is 8.24. The third-order valence-corrected chi connectivity index (χ3v) is 9.38. The number of halogens is 3. The third-order valence-electron chi connectivity index (χ3n) is 9.38. The third kappa shape index (κ3) is 3.34. The second-order valence-corrected chi connectivity index (χ2v) is 10.9. The van der Waals surface area contributed by atoms with Crippen LogP contribution in [0.2, 0.25) is 0 Å². The van der Waals surface area contributed by atoms with Gasteiger partial charge in [-0.2, -0.15) is 13.2 Å². The Labute approximate surface area is 168 Å². The number of nitrogens with zero attached hydrogens (tertiary/aromatic N) is 1. The molecule has 1 aliphatic heterocycles. The van der Waals surface area contributed by atoms with E-state index >= 15 is 0 Å². The zero-order chi connectivity index (χ0) is 19.5. The van der Waals surface area contributed by atoms with E-state index in [0.29, 0.717) is 30.3 Å². The summed E-state index contributed by atoms with van der Waals surface area (Å²) >= 11 is 0. The van der Waals surface area contributed by atoms with E-state index < -0.39 is 12.1 Å². The number of alkyl halides is 3. The van der Waals surface area contributed by atoms with E-state index in [1.54, 1.807) is 0 Å². The Hall–Kier alpha value is -0.250. The average Bonchev–Trinajstić information content (AvgIpc) is 3.17. The molecule has 0 aromatic heterocycles. The highest BCUT2D eigenvalue weighted by Crippen LogP contribution is 2.58. The maximum atomic E-state index is 13.8. The molecule has 5 aliphatic rings. The largest absolute Gasteiger partial charge is 0.392 e. The Kier molecular flexibility index (Phi) is 5.25. The molecule has 0 N–H and O–H groups in total. The van der Waals surface area contributed by atoms with Crippen molar-refractivity contribution in [2.24, 2.45) is 41.4 Å². The SMILES string of the molecule is CC1CCC2C(C1)C1[CH]C3CCCCC3C1N2CC1CCCCC1C(F)(F)F. The zero-order valence-corrected chi connectivity index (χ0v) is 17.3. The first-order valence-electron chi connectivity index (χ1n) is 12.1. The smallest absolute Gasteiger partial charge is 0.296 e. The molecule has 0 amide bonds. The minimum absolute atomic E-state index is 0.171. The lowest BCUT2D eigenvalue weighted by Gasteiger charge is -2.43. The van der Waals surface area contributed by atoms with Crippen LogP contribution >= 0.6 is 0 Å². The zero-order valence-electron chi connectivity index (χ0n) is 17.3. The molecule has 1 nitrogen and oxygen atoms in total. The fraction of sp³-hybridized carbons (Fsp3) is 0.958. The summed E-state index contributed by atoms with van der Waals surface area (Å²) in [6.45, 7) is 3.11. The van der Waals surface area contributed by atoms with Gasteiger partial charge < -0.3 is 0 Å². The molecule has 0 bridgehead atoms. The highest BCUT2D eigenvalue weighted by Gasteiger charge is 2.59. The molecule has 0 aromatic rings. The molecule has 5 fully saturated rings. The predicted molar refractivity (Wildman–Crippen MR) is 106 cm³/mol. The normalized spacial score (nSPS) is 49.5. The van der Waals surface area contributed by atoms with Crippen LogP contribution in [-0.2, 0) is 0 Å². The molecule has 4 aliphatic carbocycles. The summed E-state index contributed by atoms with van der Waals surface area (Å²) in [5.74, 6) is 2.40. The van der Waals surface area contributed by atoms with Crippen LogP contribution in [0.25, 0.3) is 0 Å². The molecule has 0 spiro atoms. The highest BCUT2D eigenvalue weighted by atomic mass is 19.4. The molecule has 9 unspecified atom stereocenters. The van der Waals surface area contributed by atoms with Crippen molar-refractivity contribution in [2.45, 2.75) is 95.8 Å². The van der Waals surface area contributed by atoms with Crippen LogP contribution < -0.4 is 0 Å². The summed E-state index contributed by atoms with van der Waals surface area (Å²) < 4.78 is 41.3. The lowest BCUT2D eigenvalue weighted by atomic mass is 9.73. The number of rotatable bonds is 2. The Morgan fingerprint density at radius 2 is 1.64 bits per heavy atom. The van der Waals surface area contributed by atoms with Crippen molar-refractivity contribution in [3.05, 3.63) is 6.42 Å². The van der Waals surface area contributed by atoms with Crippen LogP contribution in [0, 0.1) is 47.8 Å². The van der Waals surface area contributed by atoms with Crippen molar-refractivity contribution >= 4 is 0 Å². The number of fused-ring (bicyclic) bond motifs is 5. The minimum atomic E-state index is -4.01. The van der Waals surface area contributed by atoms with Gasteiger partial charge in [0.05, 0.1) is 5.92 Å². The van der Waals surface area contributed by atoms with E-state index in [1.165, 1.54) is 44.9 Å². The van der Waals surface area contributed by atoms with Crippen LogP contribution in [-0.4, -0.2) is 29.7 Å². The van der Waals surface area contributed by atoms with E-state index in [-0.39, 0.29) is 5.92 Å². The molecule has 0 aromatic carbocycles. The van der Waals surface area contributed by atoms with Gasteiger partial charge in [0.1, 0.15) is 0 Å². The molecule has 4 heteroatoms. The fourth-order valence-electron chi connectivity index (χ4n) is 8.24. The number of hydrogen-bond donors (Lipinski definition) is 0. The van der Waals surface area contributed by atoms with Crippen molar-refractivity contribution < 1.29 is 13.2 Å². The van der Waals surface area contributed by atoms with Gasteiger partial charge in [-0.25, -0.2) is 0 Å². The van der Waals surface area contributed by atoms with Crippen molar-refractivity contribution in [1.29, 1.82) is 0 Å². The molecule has 4 saturated carbocycles. The summed E-state index contributed by atoms with van der Waals surface area (Å²) in [5, 5.41) is 0. The lowest BCUT2D eigenvalue weighted by Crippen LogP contribution is -2.48. The maximum absolute atomic E-state index is 13.8. The van der Waals surface area contributed by atoms with Crippen LogP contribution in [0.4, 0.5) is 13.2 Å². The maximum Gasteiger partial charge on any atom is 0.392 e. The van der Waals surface area contributed by atoms with E-state index in [2.05, 4.69) is 18.2 Å². The molecule has 1 heterocycles. The van der Waals surface area contributed by atoms with Gasteiger partial charge in [0.25, 0.3) is 0 Å².